The first-order valence-corrected chi connectivity index (χ1v) is 4.83. The SMILES string of the molecule is COC/C=C/c1sc(C)nc1C(=O)O. The fourth-order valence-corrected chi connectivity index (χ4v) is 1.81. The molecule has 0 saturated heterocycles. The van der Waals surface area contributed by atoms with Crippen LogP contribution in [0.2, 0.25) is 0 Å². The van der Waals surface area contributed by atoms with Crippen molar-refractivity contribution >= 4 is 23.4 Å². The summed E-state index contributed by atoms with van der Waals surface area (Å²) < 4.78 is 4.82. The van der Waals surface area contributed by atoms with E-state index in [0.717, 1.165) is 5.01 Å². The zero-order chi connectivity index (χ0) is 10.6. The highest BCUT2D eigenvalue weighted by Gasteiger charge is 2.12. The van der Waals surface area contributed by atoms with Gasteiger partial charge in [-0.1, -0.05) is 6.08 Å². The van der Waals surface area contributed by atoms with Crippen molar-refractivity contribution in [3.63, 3.8) is 0 Å². The average molecular weight is 213 g/mol. The second kappa shape index (κ2) is 4.88. The lowest BCUT2D eigenvalue weighted by Crippen LogP contribution is -1.98. The number of methoxy groups -OCH3 is 1. The Morgan fingerprint density at radius 3 is 3.00 bits per heavy atom. The van der Waals surface area contributed by atoms with E-state index in [2.05, 4.69) is 4.98 Å². The van der Waals surface area contributed by atoms with Crippen molar-refractivity contribution in [2.75, 3.05) is 13.7 Å². The van der Waals surface area contributed by atoms with Crippen molar-refractivity contribution < 1.29 is 14.6 Å². The minimum absolute atomic E-state index is 0.111. The fourth-order valence-electron chi connectivity index (χ4n) is 0.960. The van der Waals surface area contributed by atoms with Crippen LogP contribution in [0, 0.1) is 6.92 Å². The van der Waals surface area contributed by atoms with Crippen LogP contribution in [0.15, 0.2) is 6.08 Å². The van der Waals surface area contributed by atoms with Crippen LogP contribution >= 0.6 is 11.3 Å². The number of aromatic nitrogens is 1. The van der Waals surface area contributed by atoms with E-state index in [-0.39, 0.29) is 5.69 Å². The highest BCUT2D eigenvalue weighted by Crippen LogP contribution is 2.19. The van der Waals surface area contributed by atoms with Gasteiger partial charge in [-0.2, -0.15) is 0 Å². The van der Waals surface area contributed by atoms with Crippen molar-refractivity contribution in [3.05, 3.63) is 21.7 Å². The lowest BCUT2D eigenvalue weighted by molar-refractivity contribution is 0.0691. The van der Waals surface area contributed by atoms with Crippen LogP contribution in [0.5, 0.6) is 0 Å². The molecule has 1 aromatic rings. The normalized spacial score (nSPS) is 11.0. The summed E-state index contributed by atoms with van der Waals surface area (Å²) in [7, 11) is 1.58. The summed E-state index contributed by atoms with van der Waals surface area (Å²) in [5.74, 6) is -0.994. The molecule has 5 heteroatoms. The Labute approximate surface area is 85.9 Å². The summed E-state index contributed by atoms with van der Waals surface area (Å²) in [5.41, 5.74) is 0.111. The maximum atomic E-state index is 10.7. The average Bonchev–Trinajstić information content (AvgIpc) is 2.47. The minimum Gasteiger partial charge on any atom is -0.476 e. The van der Waals surface area contributed by atoms with Crippen LogP contribution in [0.4, 0.5) is 0 Å². The molecule has 1 N–H and O–H groups in total. The van der Waals surface area contributed by atoms with Crippen molar-refractivity contribution in [2.24, 2.45) is 0 Å². The Bertz CT molecular complexity index is 357. The molecule has 0 atom stereocenters. The second-order valence-corrected chi connectivity index (χ2v) is 3.84. The van der Waals surface area contributed by atoms with Gasteiger partial charge in [-0.05, 0) is 13.0 Å². The molecule has 0 radical (unpaired) electrons. The van der Waals surface area contributed by atoms with E-state index >= 15 is 0 Å². The molecule has 4 nitrogen and oxygen atoms in total. The number of thiazole rings is 1. The Kier molecular flexibility index (Phi) is 3.79. The molecule has 0 aliphatic rings. The van der Waals surface area contributed by atoms with Crippen LogP contribution < -0.4 is 0 Å². The van der Waals surface area contributed by atoms with E-state index in [9.17, 15) is 4.79 Å². The van der Waals surface area contributed by atoms with Crippen molar-refractivity contribution in [3.8, 4) is 0 Å². The quantitative estimate of drug-likeness (QED) is 0.828. The molecule has 1 aromatic heterocycles. The summed E-state index contributed by atoms with van der Waals surface area (Å²) >= 11 is 1.36. The predicted octanol–water partition coefficient (Wildman–Crippen LogP) is 1.81. The first-order valence-electron chi connectivity index (χ1n) is 4.01. The van der Waals surface area contributed by atoms with Gasteiger partial charge in [0.25, 0.3) is 0 Å². The van der Waals surface area contributed by atoms with Gasteiger partial charge in [-0.15, -0.1) is 11.3 Å². The van der Waals surface area contributed by atoms with Gasteiger partial charge < -0.3 is 9.84 Å². The van der Waals surface area contributed by atoms with Gasteiger partial charge in [0.05, 0.1) is 16.5 Å². The fraction of sp³-hybridized carbons (Fsp3) is 0.333. The Hall–Kier alpha value is -1.20. The van der Waals surface area contributed by atoms with E-state index in [0.29, 0.717) is 11.5 Å². The first kappa shape index (κ1) is 10.9. The zero-order valence-electron chi connectivity index (χ0n) is 7.98. The molecule has 0 aliphatic carbocycles. The van der Waals surface area contributed by atoms with Crippen molar-refractivity contribution in [1.82, 2.24) is 4.98 Å². The smallest absolute Gasteiger partial charge is 0.356 e. The van der Waals surface area contributed by atoms with Gasteiger partial charge in [-0.3, -0.25) is 0 Å². The van der Waals surface area contributed by atoms with Gasteiger partial charge in [0, 0.05) is 7.11 Å². The van der Waals surface area contributed by atoms with Crippen LogP contribution in [0.3, 0.4) is 0 Å². The van der Waals surface area contributed by atoms with Gasteiger partial charge in [0.1, 0.15) is 0 Å². The van der Waals surface area contributed by atoms with Crippen LogP contribution in [0.1, 0.15) is 20.4 Å². The molecular formula is C9H11NO3S. The maximum absolute atomic E-state index is 10.7. The van der Waals surface area contributed by atoms with Gasteiger partial charge in [0.2, 0.25) is 0 Å². The molecule has 0 aliphatic heterocycles. The molecule has 76 valence electrons. The summed E-state index contributed by atoms with van der Waals surface area (Å²) in [5, 5.41) is 9.56. The topological polar surface area (TPSA) is 59.4 Å². The number of carboxylic acid groups (broad SMARTS) is 1. The minimum atomic E-state index is -0.994. The number of carboxylic acids is 1. The molecule has 1 heterocycles. The van der Waals surface area contributed by atoms with Crippen LogP contribution in [-0.2, 0) is 4.74 Å². The van der Waals surface area contributed by atoms with Gasteiger partial charge in [0.15, 0.2) is 5.69 Å². The van der Waals surface area contributed by atoms with E-state index in [1.54, 1.807) is 26.2 Å². The monoisotopic (exact) mass is 213 g/mol. The van der Waals surface area contributed by atoms with E-state index < -0.39 is 5.97 Å². The molecule has 14 heavy (non-hydrogen) atoms. The third-order valence-corrected chi connectivity index (χ3v) is 2.43. The molecule has 0 bridgehead atoms. The molecule has 0 aromatic carbocycles. The van der Waals surface area contributed by atoms with E-state index in [4.69, 9.17) is 9.84 Å². The molecule has 0 unspecified atom stereocenters. The summed E-state index contributed by atoms with van der Waals surface area (Å²) in [6, 6.07) is 0. The van der Waals surface area contributed by atoms with Crippen LogP contribution in [0.25, 0.3) is 6.08 Å². The molecular weight excluding hydrogens is 202 g/mol. The maximum Gasteiger partial charge on any atom is 0.356 e. The second-order valence-electron chi connectivity index (χ2n) is 2.61. The van der Waals surface area contributed by atoms with E-state index in [1.165, 1.54) is 11.3 Å². The number of aromatic carboxylic acids is 1. The standard InChI is InChI=1S/C9H11NO3S/c1-6-10-8(9(11)12)7(14-6)4-3-5-13-2/h3-4H,5H2,1-2H3,(H,11,12)/b4-3+. The number of rotatable bonds is 4. The summed E-state index contributed by atoms with van der Waals surface area (Å²) in [6.07, 6.45) is 3.48. The third kappa shape index (κ3) is 2.65. The number of hydrogen-bond donors (Lipinski definition) is 1. The number of hydrogen-bond acceptors (Lipinski definition) is 4. The highest BCUT2D eigenvalue weighted by molar-refractivity contribution is 7.12. The number of ether oxygens (including phenoxy) is 1. The number of nitrogens with zero attached hydrogens (tertiary/aromatic N) is 1. The third-order valence-electron chi connectivity index (χ3n) is 1.49. The molecule has 1 rings (SSSR count). The summed E-state index contributed by atoms with van der Waals surface area (Å²) in [6.45, 7) is 2.25. The first-order chi connectivity index (χ1) is 6.65. The highest BCUT2D eigenvalue weighted by atomic mass is 32.1. The lowest BCUT2D eigenvalue weighted by Gasteiger charge is -1.90. The zero-order valence-corrected chi connectivity index (χ0v) is 8.80. The molecule has 0 amide bonds. The number of aryl methyl sites for hydroxylation is 1. The van der Waals surface area contributed by atoms with E-state index in [1.807, 2.05) is 0 Å². The van der Waals surface area contributed by atoms with Gasteiger partial charge in [-0.25, -0.2) is 9.78 Å². The van der Waals surface area contributed by atoms with Crippen molar-refractivity contribution in [2.45, 2.75) is 6.92 Å². The molecule has 0 fully saturated rings. The molecule has 0 spiro atoms. The lowest BCUT2D eigenvalue weighted by atomic mass is 10.3. The Morgan fingerprint density at radius 2 is 2.43 bits per heavy atom. The Morgan fingerprint density at radius 1 is 1.71 bits per heavy atom. The van der Waals surface area contributed by atoms with Gasteiger partial charge >= 0.3 is 5.97 Å². The largest absolute Gasteiger partial charge is 0.476 e. The molecule has 0 saturated carbocycles. The summed E-state index contributed by atoms with van der Waals surface area (Å²) in [4.78, 5) is 15.3. The van der Waals surface area contributed by atoms with Crippen molar-refractivity contribution in [1.29, 1.82) is 0 Å². The number of carbonyl (C=O) groups is 1. The Balaban J connectivity index is 2.89. The predicted molar refractivity (Wildman–Crippen MR) is 54.7 cm³/mol. The van der Waals surface area contributed by atoms with Crippen LogP contribution in [-0.4, -0.2) is 29.8 Å².